The molecule has 0 aliphatic heterocycles. The molecule has 2 N–H and O–H groups in total. The van der Waals surface area contributed by atoms with Gasteiger partial charge in [0.2, 0.25) is 0 Å². The second kappa shape index (κ2) is 10.2. The zero-order chi connectivity index (χ0) is 23.3. The molecule has 0 heterocycles. The first kappa shape index (κ1) is 23.2. The van der Waals surface area contributed by atoms with Crippen molar-refractivity contribution < 1.29 is 14.5 Å². The SMILES string of the molecule is Cc1cc(NC(=O)C(=Cc2cccc([N+](=O)[O-])c2)NC(=O)c2ccccc2Cl)ccc1Br. The minimum Gasteiger partial charge on any atom is -0.321 e. The average molecular weight is 515 g/mol. The molecule has 2 amide bonds. The van der Waals surface area contributed by atoms with Crippen LogP contribution in [0.3, 0.4) is 0 Å². The summed E-state index contributed by atoms with van der Waals surface area (Å²) in [7, 11) is 0. The summed E-state index contributed by atoms with van der Waals surface area (Å²) in [6.45, 7) is 1.87. The fraction of sp³-hybridized carbons (Fsp3) is 0.0435. The van der Waals surface area contributed by atoms with E-state index in [1.165, 1.54) is 30.3 Å². The quantitative estimate of drug-likeness (QED) is 0.249. The number of hydrogen-bond donors (Lipinski definition) is 2. The Morgan fingerprint density at radius 1 is 1.06 bits per heavy atom. The third kappa shape index (κ3) is 5.81. The summed E-state index contributed by atoms with van der Waals surface area (Å²) in [6.07, 6.45) is 1.36. The second-order valence-corrected chi connectivity index (χ2v) is 8.02. The number of benzene rings is 3. The molecule has 0 saturated carbocycles. The maximum absolute atomic E-state index is 13.0. The van der Waals surface area contributed by atoms with Crippen molar-refractivity contribution in [3.8, 4) is 0 Å². The Morgan fingerprint density at radius 2 is 1.81 bits per heavy atom. The number of aryl methyl sites for hydroxylation is 1. The Kier molecular flexibility index (Phi) is 7.40. The molecule has 3 aromatic rings. The molecule has 0 saturated heterocycles. The minimum absolute atomic E-state index is 0.101. The number of nitro benzene ring substituents is 1. The monoisotopic (exact) mass is 513 g/mol. The van der Waals surface area contributed by atoms with E-state index in [9.17, 15) is 19.7 Å². The second-order valence-electron chi connectivity index (χ2n) is 6.76. The van der Waals surface area contributed by atoms with Gasteiger partial charge >= 0.3 is 0 Å². The number of carbonyl (C=O) groups excluding carboxylic acids is 2. The van der Waals surface area contributed by atoms with Crippen LogP contribution in [0.4, 0.5) is 11.4 Å². The number of hydrogen-bond acceptors (Lipinski definition) is 4. The molecule has 7 nitrogen and oxygen atoms in total. The number of halogens is 2. The molecule has 0 aliphatic carbocycles. The van der Waals surface area contributed by atoms with E-state index in [-0.39, 0.29) is 22.0 Å². The zero-order valence-electron chi connectivity index (χ0n) is 16.8. The molecule has 3 rings (SSSR count). The van der Waals surface area contributed by atoms with Gasteiger partial charge in [0.05, 0.1) is 15.5 Å². The summed E-state index contributed by atoms with van der Waals surface area (Å²) in [5.74, 6) is -1.19. The Balaban J connectivity index is 1.96. The Labute approximate surface area is 197 Å². The molecule has 162 valence electrons. The molecular formula is C23H17BrClN3O4. The summed E-state index contributed by atoms with van der Waals surface area (Å²) in [4.78, 5) is 36.3. The van der Waals surface area contributed by atoms with Crippen molar-refractivity contribution >= 4 is 56.8 Å². The predicted octanol–water partition coefficient (Wildman–Crippen LogP) is 5.73. The number of rotatable bonds is 6. The molecule has 0 radical (unpaired) electrons. The van der Waals surface area contributed by atoms with Crippen LogP contribution in [-0.2, 0) is 4.79 Å². The Bertz CT molecular complexity index is 1240. The van der Waals surface area contributed by atoms with Crippen LogP contribution in [0, 0.1) is 17.0 Å². The highest BCUT2D eigenvalue weighted by Gasteiger charge is 2.17. The summed E-state index contributed by atoms with van der Waals surface area (Å²) >= 11 is 9.50. The third-order valence-electron chi connectivity index (χ3n) is 4.42. The van der Waals surface area contributed by atoms with Crippen LogP contribution in [0.15, 0.2) is 76.9 Å². The Morgan fingerprint density at radius 3 is 2.50 bits per heavy atom. The van der Waals surface area contributed by atoms with E-state index in [2.05, 4.69) is 26.6 Å². The standard InChI is InChI=1S/C23H17BrClN3O4/c1-14-11-16(9-10-19(14)24)26-23(30)21(13-15-5-4-6-17(12-15)28(31)32)27-22(29)18-7-2-3-8-20(18)25/h2-13H,1H3,(H,26,30)(H,27,29). The molecule has 32 heavy (non-hydrogen) atoms. The first-order valence-corrected chi connectivity index (χ1v) is 10.5. The van der Waals surface area contributed by atoms with Gasteiger partial charge in [0.25, 0.3) is 17.5 Å². The van der Waals surface area contributed by atoms with Crippen LogP contribution in [0.25, 0.3) is 6.08 Å². The van der Waals surface area contributed by atoms with Crippen molar-refractivity contribution in [1.29, 1.82) is 0 Å². The average Bonchev–Trinajstić information content (AvgIpc) is 2.76. The lowest BCUT2D eigenvalue weighted by Crippen LogP contribution is -2.31. The number of non-ortho nitro benzene ring substituents is 1. The first-order valence-electron chi connectivity index (χ1n) is 9.34. The van der Waals surface area contributed by atoms with Crippen LogP contribution >= 0.6 is 27.5 Å². The van der Waals surface area contributed by atoms with Crippen molar-refractivity contribution in [1.82, 2.24) is 5.32 Å². The molecule has 0 aliphatic rings. The number of amides is 2. The van der Waals surface area contributed by atoms with Crippen LogP contribution in [0.2, 0.25) is 5.02 Å². The first-order chi connectivity index (χ1) is 15.2. The van der Waals surface area contributed by atoms with Gasteiger partial charge in [-0.25, -0.2) is 0 Å². The highest BCUT2D eigenvalue weighted by atomic mass is 79.9. The van der Waals surface area contributed by atoms with Crippen LogP contribution in [-0.4, -0.2) is 16.7 Å². The topological polar surface area (TPSA) is 101 Å². The van der Waals surface area contributed by atoms with Gasteiger partial charge in [-0.2, -0.15) is 0 Å². The van der Waals surface area contributed by atoms with E-state index in [1.807, 2.05) is 6.92 Å². The minimum atomic E-state index is -0.598. The fourth-order valence-electron chi connectivity index (χ4n) is 2.81. The highest BCUT2D eigenvalue weighted by Crippen LogP contribution is 2.21. The van der Waals surface area contributed by atoms with Crippen molar-refractivity contribution in [3.05, 3.63) is 109 Å². The number of nitro groups is 1. The van der Waals surface area contributed by atoms with Gasteiger partial charge in [-0.15, -0.1) is 0 Å². The maximum atomic E-state index is 13.0. The molecule has 3 aromatic carbocycles. The molecule has 0 atom stereocenters. The Hall–Kier alpha value is -3.49. The van der Waals surface area contributed by atoms with Gasteiger partial charge in [0, 0.05) is 22.3 Å². The number of nitrogens with one attached hydrogen (secondary N) is 2. The number of anilines is 1. The molecule has 0 bridgehead atoms. The fourth-order valence-corrected chi connectivity index (χ4v) is 3.28. The molecule has 0 spiro atoms. The molecule has 0 unspecified atom stereocenters. The predicted molar refractivity (Wildman–Crippen MR) is 128 cm³/mol. The summed E-state index contributed by atoms with van der Waals surface area (Å²) < 4.78 is 0.884. The number of carbonyl (C=O) groups is 2. The van der Waals surface area contributed by atoms with Gasteiger partial charge in [-0.1, -0.05) is 51.8 Å². The summed E-state index contributed by atoms with van der Waals surface area (Å²) in [5, 5.41) is 16.6. The molecule has 0 fully saturated rings. The third-order valence-corrected chi connectivity index (χ3v) is 5.64. The van der Waals surface area contributed by atoms with Crippen molar-refractivity contribution in [2.24, 2.45) is 0 Å². The van der Waals surface area contributed by atoms with E-state index >= 15 is 0 Å². The van der Waals surface area contributed by atoms with E-state index in [4.69, 9.17) is 11.6 Å². The zero-order valence-corrected chi connectivity index (χ0v) is 19.1. The van der Waals surface area contributed by atoms with Crippen LogP contribution in [0.1, 0.15) is 21.5 Å². The van der Waals surface area contributed by atoms with Gasteiger partial charge in [0.15, 0.2) is 0 Å². The van der Waals surface area contributed by atoms with Crippen LogP contribution < -0.4 is 10.6 Å². The van der Waals surface area contributed by atoms with E-state index < -0.39 is 16.7 Å². The molecule has 9 heteroatoms. The van der Waals surface area contributed by atoms with Crippen molar-refractivity contribution in [2.45, 2.75) is 6.92 Å². The summed E-state index contributed by atoms with van der Waals surface area (Å²) in [6, 6.07) is 17.4. The lowest BCUT2D eigenvalue weighted by molar-refractivity contribution is -0.384. The largest absolute Gasteiger partial charge is 0.321 e. The lowest BCUT2D eigenvalue weighted by atomic mass is 10.1. The van der Waals surface area contributed by atoms with E-state index in [0.29, 0.717) is 11.3 Å². The highest BCUT2D eigenvalue weighted by molar-refractivity contribution is 9.10. The smallest absolute Gasteiger partial charge is 0.272 e. The molecule has 0 aromatic heterocycles. The maximum Gasteiger partial charge on any atom is 0.272 e. The summed E-state index contributed by atoms with van der Waals surface area (Å²) in [5.41, 5.74) is 1.75. The van der Waals surface area contributed by atoms with E-state index in [1.54, 1.807) is 42.5 Å². The van der Waals surface area contributed by atoms with Gasteiger partial charge < -0.3 is 10.6 Å². The van der Waals surface area contributed by atoms with Gasteiger partial charge in [-0.05, 0) is 54.5 Å². The van der Waals surface area contributed by atoms with Crippen molar-refractivity contribution in [2.75, 3.05) is 5.32 Å². The molecular weight excluding hydrogens is 498 g/mol. The van der Waals surface area contributed by atoms with Crippen LogP contribution in [0.5, 0.6) is 0 Å². The number of nitrogens with zero attached hydrogens (tertiary/aromatic N) is 1. The van der Waals surface area contributed by atoms with E-state index in [0.717, 1.165) is 10.0 Å². The normalized spacial score (nSPS) is 11.0. The van der Waals surface area contributed by atoms with Crippen molar-refractivity contribution in [3.63, 3.8) is 0 Å². The van der Waals surface area contributed by atoms with Gasteiger partial charge in [-0.3, -0.25) is 19.7 Å². The lowest BCUT2D eigenvalue weighted by Gasteiger charge is -2.12. The van der Waals surface area contributed by atoms with Gasteiger partial charge in [0.1, 0.15) is 5.70 Å².